The molecule has 3 nitrogen and oxygen atoms in total. The summed E-state index contributed by atoms with van der Waals surface area (Å²) in [7, 11) is 0. The summed E-state index contributed by atoms with van der Waals surface area (Å²) in [5.74, 6) is 0.912. The van der Waals surface area contributed by atoms with Gasteiger partial charge in [0, 0.05) is 18.5 Å². The smallest absolute Gasteiger partial charge is 0.221 e. The summed E-state index contributed by atoms with van der Waals surface area (Å²) in [5.41, 5.74) is 0. The molecule has 98 valence electrons. The lowest BCUT2D eigenvalue weighted by atomic mass is 9.86. The highest BCUT2D eigenvalue weighted by Gasteiger charge is 2.24. The molecule has 1 aliphatic carbocycles. The van der Waals surface area contributed by atoms with Gasteiger partial charge < -0.3 is 10.6 Å². The van der Waals surface area contributed by atoms with Crippen molar-refractivity contribution in [2.45, 2.75) is 70.4 Å². The van der Waals surface area contributed by atoms with E-state index >= 15 is 0 Å². The van der Waals surface area contributed by atoms with E-state index in [-0.39, 0.29) is 5.91 Å². The molecule has 1 heterocycles. The predicted molar refractivity (Wildman–Crippen MR) is 69.8 cm³/mol. The van der Waals surface area contributed by atoms with Gasteiger partial charge in [0.05, 0.1) is 0 Å². The molecule has 3 heteroatoms. The van der Waals surface area contributed by atoms with Crippen molar-refractivity contribution in [1.82, 2.24) is 10.6 Å². The van der Waals surface area contributed by atoms with E-state index in [2.05, 4.69) is 17.6 Å². The van der Waals surface area contributed by atoms with Crippen molar-refractivity contribution in [2.75, 3.05) is 6.54 Å². The number of nitrogens with one attached hydrogen (secondary N) is 2. The number of carbonyl (C=O) groups is 1. The fourth-order valence-electron chi connectivity index (χ4n) is 3.12. The van der Waals surface area contributed by atoms with E-state index in [1.54, 1.807) is 0 Å². The van der Waals surface area contributed by atoms with Crippen LogP contribution in [0.25, 0.3) is 0 Å². The molecule has 0 aromatic carbocycles. The fourth-order valence-corrected chi connectivity index (χ4v) is 3.12. The third kappa shape index (κ3) is 3.98. The Kier molecular flexibility index (Phi) is 4.84. The molecule has 2 fully saturated rings. The molecule has 2 rings (SSSR count). The van der Waals surface area contributed by atoms with Crippen molar-refractivity contribution in [3.8, 4) is 0 Å². The number of rotatable bonds is 3. The second-order valence-corrected chi connectivity index (χ2v) is 5.79. The average Bonchev–Trinajstić information content (AvgIpc) is 2.33. The van der Waals surface area contributed by atoms with E-state index in [0.29, 0.717) is 24.4 Å². The Balaban J connectivity index is 1.72. The molecule has 1 aliphatic heterocycles. The molecule has 0 aromatic rings. The first-order valence-corrected chi connectivity index (χ1v) is 7.28. The number of carbonyl (C=O) groups excluding carboxylic acids is 1. The molecule has 3 atom stereocenters. The van der Waals surface area contributed by atoms with Crippen LogP contribution < -0.4 is 10.6 Å². The van der Waals surface area contributed by atoms with Gasteiger partial charge in [0.25, 0.3) is 0 Å². The molecule has 0 aromatic heterocycles. The minimum Gasteiger partial charge on any atom is -0.353 e. The Bertz CT molecular complexity index is 249. The van der Waals surface area contributed by atoms with E-state index < -0.39 is 0 Å². The van der Waals surface area contributed by atoms with Gasteiger partial charge in [-0.15, -0.1) is 0 Å². The number of hydrogen-bond acceptors (Lipinski definition) is 2. The largest absolute Gasteiger partial charge is 0.353 e. The molecular formula is C14H26N2O. The minimum atomic E-state index is 0.253. The Hall–Kier alpha value is -0.570. The summed E-state index contributed by atoms with van der Waals surface area (Å²) in [6.07, 6.45) is 9.41. The minimum absolute atomic E-state index is 0.253. The standard InChI is InChI=1S/C14H26N2O/c1-11-6-2-3-8-13(11)16-14(17)10-12-7-4-5-9-15-12/h11-13,15H,2-10H2,1H3,(H,16,17). The Morgan fingerprint density at radius 2 is 1.94 bits per heavy atom. The van der Waals surface area contributed by atoms with E-state index in [0.717, 1.165) is 13.0 Å². The van der Waals surface area contributed by atoms with Gasteiger partial charge in [-0.05, 0) is 38.1 Å². The van der Waals surface area contributed by atoms with Crippen molar-refractivity contribution < 1.29 is 4.79 Å². The summed E-state index contributed by atoms with van der Waals surface area (Å²) in [6, 6.07) is 0.850. The van der Waals surface area contributed by atoms with Crippen molar-refractivity contribution in [2.24, 2.45) is 5.92 Å². The molecule has 0 bridgehead atoms. The summed E-state index contributed by atoms with van der Waals surface area (Å²) in [6.45, 7) is 3.35. The Morgan fingerprint density at radius 3 is 2.65 bits per heavy atom. The zero-order valence-electron chi connectivity index (χ0n) is 11.0. The number of piperidine rings is 1. The van der Waals surface area contributed by atoms with Crippen LogP contribution >= 0.6 is 0 Å². The lowest BCUT2D eigenvalue weighted by molar-refractivity contribution is -0.123. The monoisotopic (exact) mass is 238 g/mol. The first kappa shape index (κ1) is 12.9. The fraction of sp³-hybridized carbons (Fsp3) is 0.929. The predicted octanol–water partition coefficient (Wildman–Crippen LogP) is 2.21. The molecule has 2 aliphatic rings. The average molecular weight is 238 g/mol. The van der Waals surface area contributed by atoms with Crippen molar-refractivity contribution in [3.05, 3.63) is 0 Å². The number of hydrogen-bond donors (Lipinski definition) is 2. The van der Waals surface area contributed by atoms with Crippen LogP contribution in [-0.4, -0.2) is 24.5 Å². The van der Waals surface area contributed by atoms with Crippen LogP contribution in [0.3, 0.4) is 0 Å². The van der Waals surface area contributed by atoms with E-state index in [1.165, 1.54) is 38.5 Å². The third-order valence-electron chi connectivity index (χ3n) is 4.30. The summed E-state index contributed by atoms with van der Waals surface area (Å²) in [5, 5.41) is 6.67. The molecule has 1 saturated carbocycles. The van der Waals surface area contributed by atoms with Crippen LogP contribution in [-0.2, 0) is 4.79 Å². The van der Waals surface area contributed by atoms with Crippen LogP contribution in [0.5, 0.6) is 0 Å². The summed E-state index contributed by atoms with van der Waals surface area (Å²) < 4.78 is 0. The van der Waals surface area contributed by atoms with Crippen LogP contribution in [0.1, 0.15) is 58.3 Å². The first-order chi connectivity index (χ1) is 8.25. The second-order valence-electron chi connectivity index (χ2n) is 5.79. The normalized spacial score (nSPS) is 34.3. The van der Waals surface area contributed by atoms with E-state index in [4.69, 9.17) is 0 Å². The van der Waals surface area contributed by atoms with Crippen molar-refractivity contribution in [3.63, 3.8) is 0 Å². The van der Waals surface area contributed by atoms with E-state index in [9.17, 15) is 4.79 Å². The van der Waals surface area contributed by atoms with Gasteiger partial charge in [-0.1, -0.05) is 26.2 Å². The third-order valence-corrected chi connectivity index (χ3v) is 4.30. The second kappa shape index (κ2) is 6.39. The molecule has 17 heavy (non-hydrogen) atoms. The zero-order valence-corrected chi connectivity index (χ0v) is 11.0. The molecule has 3 unspecified atom stereocenters. The molecule has 2 N–H and O–H groups in total. The molecule has 0 radical (unpaired) electrons. The maximum absolute atomic E-state index is 12.0. The summed E-state index contributed by atoms with van der Waals surface area (Å²) >= 11 is 0. The van der Waals surface area contributed by atoms with Crippen LogP contribution in [0, 0.1) is 5.92 Å². The van der Waals surface area contributed by atoms with Gasteiger partial charge in [0.15, 0.2) is 0 Å². The van der Waals surface area contributed by atoms with Crippen LogP contribution in [0.4, 0.5) is 0 Å². The molecular weight excluding hydrogens is 212 g/mol. The highest BCUT2D eigenvalue weighted by Crippen LogP contribution is 2.23. The highest BCUT2D eigenvalue weighted by molar-refractivity contribution is 5.76. The molecule has 1 saturated heterocycles. The highest BCUT2D eigenvalue weighted by atomic mass is 16.1. The topological polar surface area (TPSA) is 41.1 Å². The summed E-state index contributed by atoms with van der Waals surface area (Å²) in [4.78, 5) is 12.0. The SMILES string of the molecule is CC1CCCCC1NC(=O)CC1CCCCN1. The van der Waals surface area contributed by atoms with Gasteiger partial charge in [-0.25, -0.2) is 0 Å². The maximum atomic E-state index is 12.0. The van der Waals surface area contributed by atoms with E-state index in [1.807, 2.05) is 0 Å². The van der Waals surface area contributed by atoms with Crippen molar-refractivity contribution >= 4 is 5.91 Å². The Labute approximate surface area is 105 Å². The van der Waals surface area contributed by atoms with Gasteiger partial charge >= 0.3 is 0 Å². The Morgan fingerprint density at radius 1 is 1.18 bits per heavy atom. The zero-order chi connectivity index (χ0) is 12.1. The molecule has 1 amide bonds. The van der Waals surface area contributed by atoms with Gasteiger partial charge in [-0.2, -0.15) is 0 Å². The lowest BCUT2D eigenvalue weighted by Gasteiger charge is -2.30. The number of amides is 1. The lowest BCUT2D eigenvalue weighted by Crippen LogP contribution is -2.44. The first-order valence-electron chi connectivity index (χ1n) is 7.28. The van der Waals surface area contributed by atoms with Crippen LogP contribution in [0.2, 0.25) is 0 Å². The molecule has 0 spiro atoms. The van der Waals surface area contributed by atoms with Crippen LogP contribution in [0.15, 0.2) is 0 Å². The quantitative estimate of drug-likeness (QED) is 0.791. The van der Waals surface area contributed by atoms with Gasteiger partial charge in [-0.3, -0.25) is 4.79 Å². The van der Waals surface area contributed by atoms with Gasteiger partial charge in [0.2, 0.25) is 5.91 Å². The van der Waals surface area contributed by atoms with Gasteiger partial charge in [0.1, 0.15) is 0 Å². The maximum Gasteiger partial charge on any atom is 0.221 e. The van der Waals surface area contributed by atoms with Crippen molar-refractivity contribution in [1.29, 1.82) is 0 Å².